The fourth-order valence-electron chi connectivity index (χ4n) is 5.43. The lowest BCUT2D eigenvalue weighted by atomic mass is 9.85. The van der Waals surface area contributed by atoms with Crippen LogP contribution in [0.25, 0.3) is 22.2 Å². The number of nitrogens with one attached hydrogen (secondary N) is 2. The first kappa shape index (κ1) is 20.6. The third-order valence-corrected chi connectivity index (χ3v) is 7.25. The summed E-state index contributed by atoms with van der Waals surface area (Å²) in [5.41, 5.74) is 3.85. The van der Waals surface area contributed by atoms with Gasteiger partial charge >= 0.3 is 0 Å². The predicted molar refractivity (Wildman–Crippen MR) is 127 cm³/mol. The second kappa shape index (κ2) is 7.80. The maximum atomic E-state index is 13.4. The van der Waals surface area contributed by atoms with Gasteiger partial charge in [0.05, 0.1) is 17.3 Å². The Bertz CT molecular complexity index is 1380. The molecule has 1 aliphatic heterocycles. The van der Waals surface area contributed by atoms with Gasteiger partial charge in [-0.2, -0.15) is 5.10 Å². The van der Waals surface area contributed by atoms with Gasteiger partial charge in [0, 0.05) is 34.5 Å². The van der Waals surface area contributed by atoms with E-state index in [9.17, 15) is 14.0 Å². The smallest absolute Gasteiger partial charge is 0.228 e. The molecule has 1 saturated heterocycles. The first-order chi connectivity index (χ1) is 16.6. The van der Waals surface area contributed by atoms with E-state index in [-0.39, 0.29) is 29.2 Å². The van der Waals surface area contributed by atoms with Gasteiger partial charge in [-0.15, -0.1) is 0 Å². The summed E-state index contributed by atoms with van der Waals surface area (Å²) in [5, 5.41) is 11.4. The van der Waals surface area contributed by atoms with Gasteiger partial charge < -0.3 is 10.2 Å². The van der Waals surface area contributed by atoms with E-state index in [1.165, 1.54) is 12.1 Å². The lowest BCUT2D eigenvalue weighted by molar-refractivity contribution is -0.118. The molecular weight excluding hydrogens is 431 g/mol. The second-order valence-electron chi connectivity index (χ2n) is 9.16. The van der Waals surface area contributed by atoms with E-state index in [0.29, 0.717) is 6.42 Å². The van der Waals surface area contributed by atoms with Crippen LogP contribution in [-0.4, -0.2) is 28.1 Å². The molecular formula is C27H23FN4O2. The Labute approximate surface area is 195 Å². The molecule has 2 fully saturated rings. The number of hydrogen-bond acceptors (Lipinski definition) is 3. The summed E-state index contributed by atoms with van der Waals surface area (Å²) in [6, 6.07) is 21.9. The first-order valence-corrected chi connectivity index (χ1v) is 11.4. The monoisotopic (exact) mass is 454 g/mol. The number of H-pyrrole nitrogens is 1. The van der Waals surface area contributed by atoms with Crippen molar-refractivity contribution < 1.29 is 14.0 Å². The van der Waals surface area contributed by atoms with E-state index in [0.717, 1.165) is 52.7 Å². The quantitative estimate of drug-likeness (QED) is 0.413. The van der Waals surface area contributed by atoms with Gasteiger partial charge in [-0.3, -0.25) is 14.7 Å². The zero-order valence-electron chi connectivity index (χ0n) is 18.4. The molecule has 7 heteroatoms. The van der Waals surface area contributed by atoms with E-state index >= 15 is 0 Å². The molecule has 1 saturated carbocycles. The van der Waals surface area contributed by atoms with E-state index < -0.39 is 0 Å². The number of anilines is 1. The predicted octanol–water partition coefficient (Wildman–Crippen LogP) is 4.74. The number of fused-ring (bicyclic) bond motifs is 1. The number of amides is 2. The minimum atomic E-state index is -0.333. The molecule has 6 rings (SSSR count). The van der Waals surface area contributed by atoms with Crippen molar-refractivity contribution in [2.45, 2.75) is 30.8 Å². The van der Waals surface area contributed by atoms with Crippen LogP contribution in [0.2, 0.25) is 0 Å². The van der Waals surface area contributed by atoms with Crippen molar-refractivity contribution in [3.8, 4) is 11.3 Å². The highest BCUT2D eigenvalue weighted by atomic mass is 19.1. The fraction of sp³-hybridized carbons (Fsp3) is 0.222. The number of carbonyl (C=O) groups excluding carboxylic acids is 2. The Morgan fingerprint density at radius 1 is 1.06 bits per heavy atom. The van der Waals surface area contributed by atoms with Crippen LogP contribution < -0.4 is 10.2 Å². The van der Waals surface area contributed by atoms with E-state index in [1.807, 2.05) is 53.4 Å². The molecule has 1 aromatic heterocycles. The van der Waals surface area contributed by atoms with Gasteiger partial charge in [-0.25, -0.2) is 4.39 Å². The van der Waals surface area contributed by atoms with Gasteiger partial charge in [0.25, 0.3) is 0 Å². The number of benzene rings is 3. The van der Waals surface area contributed by atoms with Crippen LogP contribution in [0.5, 0.6) is 0 Å². The molecule has 0 radical (unpaired) electrons. The molecule has 2 aliphatic rings. The van der Waals surface area contributed by atoms with Crippen LogP contribution in [0.3, 0.4) is 0 Å². The maximum Gasteiger partial charge on any atom is 0.228 e. The SMILES string of the molecule is O=CNC1([C@H]2CC(=O)N(c3ccc4c(-c5ccc(F)cc5)n[nH]c4c3)[C@H]2c2ccccc2)CC1. The summed E-state index contributed by atoms with van der Waals surface area (Å²) in [7, 11) is 0. The van der Waals surface area contributed by atoms with Gasteiger partial charge in [-0.1, -0.05) is 30.3 Å². The Morgan fingerprint density at radius 2 is 1.82 bits per heavy atom. The van der Waals surface area contributed by atoms with Crippen LogP contribution in [0.15, 0.2) is 72.8 Å². The number of hydrogen-bond donors (Lipinski definition) is 2. The van der Waals surface area contributed by atoms with Gasteiger partial charge in [-0.05, 0) is 60.9 Å². The summed E-state index contributed by atoms with van der Waals surface area (Å²) in [5.74, 6) is -0.271. The number of rotatable bonds is 6. The molecule has 6 nitrogen and oxygen atoms in total. The minimum Gasteiger partial charge on any atom is -0.353 e. The number of nitrogens with zero attached hydrogens (tertiary/aromatic N) is 2. The van der Waals surface area contributed by atoms with Crippen molar-refractivity contribution >= 4 is 28.9 Å². The van der Waals surface area contributed by atoms with Crippen LogP contribution in [0.4, 0.5) is 10.1 Å². The van der Waals surface area contributed by atoms with Crippen LogP contribution in [0, 0.1) is 11.7 Å². The standard InChI is InChI=1S/C27H23FN4O2/c28-19-8-6-17(7-9-19)25-21-11-10-20(14-23(21)30-31-25)32-24(34)15-22(27(12-13-27)29-16-33)26(32)18-4-2-1-3-5-18/h1-11,14,16,22,26H,12-13,15H2,(H,29,33)(H,30,31)/t22-,26-/m0/s1. The molecule has 170 valence electrons. The van der Waals surface area contributed by atoms with Crippen LogP contribution in [0.1, 0.15) is 30.9 Å². The lowest BCUT2D eigenvalue weighted by Gasteiger charge is -2.33. The third-order valence-electron chi connectivity index (χ3n) is 7.25. The van der Waals surface area contributed by atoms with Crippen LogP contribution in [-0.2, 0) is 9.59 Å². The van der Waals surface area contributed by atoms with Gasteiger partial charge in [0.2, 0.25) is 12.3 Å². The summed E-state index contributed by atoms with van der Waals surface area (Å²) in [6.07, 6.45) is 2.89. The highest BCUT2D eigenvalue weighted by molar-refractivity contribution is 6.01. The molecule has 4 aromatic rings. The van der Waals surface area contributed by atoms with Crippen molar-refractivity contribution in [1.82, 2.24) is 15.5 Å². The maximum absolute atomic E-state index is 13.4. The normalized spacial score (nSPS) is 21.1. The molecule has 0 bridgehead atoms. The van der Waals surface area contributed by atoms with Crippen LogP contribution >= 0.6 is 0 Å². The largest absolute Gasteiger partial charge is 0.353 e. The van der Waals surface area contributed by atoms with Crippen molar-refractivity contribution in [3.63, 3.8) is 0 Å². The summed E-state index contributed by atoms with van der Waals surface area (Å²) in [4.78, 5) is 26.6. The molecule has 2 atom stereocenters. The van der Waals surface area contributed by atoms with Crippen molar-refractivity contribution in [2.24, 2.45) is 5.92 Å². The molecule has 0 spiro atoms. The number of carbonyl (C=O) groups is 2. The highest BCUT2D eigenvalue weighted by Crippen LogP contribution is 2.54. The van der Waals surface area contributed by atoms with Gasteiger partial charge in [0.1, 0.15) is 5.82 Å². The fourth-order valence-corrected chi connectivity index (χ4v) is 5.43. The van der Waals surface area contributed by atoms with Crippen molar-refractivity contribution in [1.29, 1.82) is 0 Å². The average molecular weight is 455 g/mol. The third kappa shape index (κ3) is 3.27. The molecule has 2 heterocycles. The number of aromatic amines is 1. The summed E-state index contributed by atoms with van der Waals surface area (Å²) >= 11 is 0. The lowest BCUT2D eigenvalue weighted by Crippen LogP contribution is -2.41. The van der Waals surface area contributed by atoms with Crippen molar-refractivity contribution in [3.05, 3.63) is 84.2 Å². The first-order valence-electron chi connectivity index (χ1n) is 11.4. The minimum absolute atomic E-state index is 0.0140. The number of halogens is 1. The van der Waals surface area contributed by atoms with Crippen molar-refractivity contribution in [2.75, 3.05) is 4.90 Å². The average Bonchev–Trinajstić information content (AvgIpc) is 3.37. The molecule has 2 amide bonds. The summed E-state index contributed by atoms with van der Waals surface area (Å²) < 4.78 is 13.4. The molecule has 2 N–H and O–H groups in total. The molecule has 1 aliphatic carbocycles. The highest BCUT2D eigenvalue weighted by Gasteiger charge is 2.58. The van der Waals surface area contributed by atoms with E-state index in [2.05, 4.69) is 15.5 Å². The zero-order chi connectivity index (χ0) is 23.3. The summed E-state index contributed by atoms with van der Waals surface area (Å²) in [6.45, 7) is 0. The number of aromatic nitrogens is 2. The molecule has 34 heavy (non-hydrogen) atoms. The Hall–Kier alpha value is -4.00. The zero-order valence-corrected chi connectivity index (χ0v) is 18.4. The second-order valence-corrected chi connectivity index (χ2v) is 9.16. The molecule has 3 aromatic carbocycles. The topological polar surface area (TPSA) is 78.1 Å². The Morgan fingerprint density at radius 3 is 2.53 bits per heavy atom. The Balaban J connectivity index is 1.42. The van der Waals surface area contributed by atoms with E-state index in [4.69, 9.17) is 0 Å². The van der Waals surface area contributed by atoms with E-state index in [1.54, 1.807) is 12.1 Å². The Kier molecular flexibility index (Phi) is 4.72. The molecule has 0 unspecified atom stereocenters. The van der Waals surface area contributed by atoms with Gasteiger partial charge in [0.15, 0.2) is 0 Å².